The number of hydrogen-bond donors (Lipinski definition) is 2. The molecule has 6 nitrogen and oxygen atoms in total. The minimum atomic E-state index is -0.483. The maximum absolute atomic E-state index is 10.1. The normalized spacial score (nSPS) is 15.5. The molecule has 154 valence electrons. The Hall–Kier alpha value is -3.76. The van der Waals surface area contributed by atoms with Crippen molar-refractivity contribution < 1.29 is 9.47 Å². The number of nitriles is 1. The highest BCUT2D eigenvalue weighted by atomic mass is 32.1. The first-order valence-electron chi connectivity index (χ1n) is 9.82. The van der Waals surface area contributed by atoms with Crippen LogP contribution in [0.2, 0.25) is 0 Å². The lowest BCUT2D eigenvalue weighted by molar-refractivity contribution is 0.375. The average Bonchev–Trinajstić information content (AvgIpc) is 3.33. The SMILES string of the molecule is COc1ccc2ccccc2c1[C@H]1C(C#N)=C(N)Oc2n[nH]c(-c3cc(C)sc3C)c21. The number of H-pyrrole nitrogens is 1. The molecule has 7 heteroatoms. The highest BCUT2D eigenvalue weighted by molar-refractivity contribution is 7.12. The predicted molar refractivity (Wildman–Crippen MR) is 121 cm³/mol. The van der Waals surface area contributed by atoms with Gasteiger partial charge in [0.05, 0.1) is 24.3 Å². The predicted octanol–water partition coefficient (Wildman–Crippen LogP) is 5.14. The lowest BCUT2D eigenvalue weighted by Gasteiger charge is -2.26. The Morgan fingerprint density at radius 3 is 2.71 bits per heavy atom. The molecule has 3 N–H and O–H groups in total. The lowest BCUT2D eigenvalue weighted by Crippen LogP contribution is -2.21. The standard InChI is InChI=1S/C24H20N4O2S/c1-12-10-16(13(2)31-12)22-21-20(17(11-25)23(26)30-24(21)28-27-22)19-15-7-5-4-6-14(15)8-9-18(19)29-3/h4-10,20H,26H2,1-3H3,(H,27,28)/t20-/m1/s1. The number of nitrogens with two attached hydrogens (primary N) is 1. The third kappa shape index (κ3) is 2.87. The molecule has 0 bridgehead atoms. The summed E-state index contributed by atoms with van der Waals surface area (Å²) in [5, 5.41) is 19.7. The van der Waals surface area contributed by atoms with Crippen molar-refractivity contribution in [3.05, 3.63) is 74.8 Å². The number of aryl methyl sites for hydroxylation is 2. The number of ether oxygens (including phenoxy) is 2. The van der Waals surface area contributed by atoms with Gasteiger partial charge in [0.1, 0.15) is 17.4 Å². The van der Waals surface area contributed by atoms with Crippen LogP contribution in [0.5, 0.6) is 11.6 Å². The number of methoxy groups -OCH3 is 1. The second kappa shape index (κ2) is 7.18. The fraction of sp³-hybridized carbons (Fsp3) is 0.167. The fourth-order valence-electron chi connectivity index (χ4n) is 4.37. The summed E-state index contributed by atoms with van der Waals surface area (Å²) in [5.74, 6) is 0.645. The van der Waals surface area contributed by atoms with Crippen LogP contribution in [0.4, 0.5) is 0 Å². The van der Waals surface area contributed by atoms with Crippen LogP contribution in [0.1, 0.15) is 26.8 Å². The van der Waals surface area contributed by atoms with Crippen LogP contribution in [0.25, 0.3) is 22.0 Å². The lowest BCUT2D eigenvalue weighted by atomic mass is 9.80. The molecule has 2 aromatic heterocycles. The van der Waals surface area contributed by atoms with Gasteiger partial charge in [0.2, 0.25) is 11.8 Å². The third-order valence-electron chi connectivity index (χ3n) is 5.69. The number of allylic oxidation sites excluding steroid dienone is 1. The summed E-state index contributed by atoms with van der Waals surface area (Å²) in [7, 11) is 1.63. The fourth-order valence-corrected chi connectivity index (χ4v) is 5.30. The van der Waals surface area contributed by atoms with E-state index in [1.165, 1.54) is 4.88 Å². The van der Waals surface area contributed by atoms with Crippen molar-refractivity contribution in [3.63, 3.8) is 0 Å². The Labute approximate surface area is 183 Å². The third-order valence-corrected chi connectivity index (χ3v) is 6.65. The van der Waals surface area contributed by atoms with Crippen LogP contribution in [0, 0.1) is 25.2 Å². The Balaban J connectivity index is 1.87. The van der Waals surface area contributed by atoms with Gasteiger partial charge in [-0.05, 0) is 36.8 Å². The van der Waals surface area contributed by atoms with Crippen molar-refractivity contribution in [3.8, 4) is 29.0 Å². The highest BCUT2D eigenvalue weighted by Gasteiger charge is 2.38. The summed E-state index contributed by atoms with van der Waals surface area (Å²) in [6.07, 6.45) is 0. The van der Waals surface area contributed by atoms with Gasteiger partial charge in [-0.1, -0.05) is 30.3 Å². The van der Waals surface area contributed by atoms with E-state index in [1.54, 1.807) is 18.4 Å². The van der Waals surface area contributed by atoms with Crippen LogP contribution in [0.15, 0.2) is 53.9 Å². The van der Waals surface area contributed by atoms with Crippen LogP contribution in [-0.4, -0.2) is 17.3 Å². The zero-order valence-corrected chi connectivity index (χ0v) is 18.1. The van der Waals surface area contributed by atoms with Gasteiger partial charge in [0.15, 0.2) is 0 Å². The molecule has 1 aliphatic rings. The molecular formula is C24H20N4O2S. The van der Waals surface area contributed by atoms with E-state index in [0.29, 0.717) is 17.2 Å². The summed E-state index contributed by atoms with van der Waals surface area (Å²) in [4.78, 5) is 2.36. The Morgan fingerprint density at radius 2 is 2.00 bits per heavy atom. The Morgan fingerprint density at radius 1 is 1.19 bits per heavy atom. The molecule has 0 radical (unpaired) electrons. The Bertz CT molecular complexity index is 1410. The molecule has 0 fully saturated rings. The van der Waals surface area contributed by atoms with Crippen molar-refractivity contribution in [1.82, 2.24) is 10.2 Å². The number of aromatic nitrogens is 2. The van der Waals surface area contributed by atoms with Crippen molar-refractivity contribution >= 4 is 22.1 Å². The van der Waals surface area contributed by atoms with E-state index in [4.69, 9.17) is 15.2 Å². The molecule has 4 aromatic rings. The first-order chi connectivity index (χ1) is 15.0. The Kier molecular flexibility index (Phi) is 4.45. The number of benzene rings is 2. The van der Waals surface area contributed by atoms with E-state index in [0.717, 1.165) is 38.0 Å². The molecule has 0 spiro atoms. The van der Waals surface area contributed by atoms with Crippen molar-refractivity contribution in [1.29, 1.82) is 5.26 Å². The summed E-state index contributed by atoms with van der Waals surface area (Å²) in [5.41, 5.74) is 10.1. The summed E-state index contributed by atoms with van der Waals surface area (Å²) in [6.45, 7) is 4.15. The van der Waals surface area contributed by atoms with Crippen molar-refractivity contribution in [2.24, 2.45) is 5.73 Å². The second-order valence-electron chi connectivity index (χ2n) is 7.47. The van der Waals surface area contributed by atoms with Gasteiger partial charge in [0.25, 0.3) is 0 Å². The van der Waals surface area contributed by atoms with Gasteiger partial charge >= 0.3 is 0 Å². The van der Waals surface area contributed by atoms with E-state index in [2.05, 4.69) is 36.2 Å². The minimum Gasteiger partial charge on any atom is -0.496 e. The van der Waals surface area contributed by atoms with E-state index in [1.807, 2.05) is 36.4 Å². The van der Waals surface area contributed by atoms with Crippen molar-refractivity contribution in [2.45, 2.75) is 19.8 Å². The van der Waals surface area contributed by atoms with Gasteiger partial charge in [-0.25, -0.2) is 0 Å². The number of hydrogen-bond acceptors (Lipinski definition) is 6. The molecule has 0 amide bonds. The van der Waals surface area contributed by atoms with E-state index < -0.39 is 5.92 Å². The maximum atomic E-state index is 10.1. The molecule has 5 rings (SSSR count). The van der Waals surface area contributed by atoms with Crippen LogP contribution in [-0.2, 0) is 0 Å². The molecule has 0 saturated heterocycles. The first kappa shape index (κ1) is 19.2. The van der Waals surface area contributed by atoms with E-state index >= 15 is 0 Å². The topological polar surface area (TPSA) is 96.9 Å². The smallest absolute Gasteiger partial charge is 0.244 e. The number of fused-ring (bicyclic) bond motifs is 2. The molecule has 0 unspecified atom stereocenters. The van der Waals surface area contributed by atoms with Gasteiger partial charge in [-0.3, -0.25) is 5.10 Å². The van der Waals surface area contributed by atoms with Crippen LogP contribution in [0.3, 0.4) is 0 Å². The maximum Gasteiger partial charge on any atom is 0.244 e. The molecule has 1 atom stereocenters. The van der Waals surface area contributed by atoms with Crippen LogP contribution >= 0.6 is 11.3 Å². The zero-order chi connectivity index (χ0) is 21.7. The highest BCUT2D eigenvalue weighted by Crippen LogP contribution is 2.50. The molecule has 3 heterocycles. The van der Waals surface area contributed by atoms with Gasteiger partial charge in [-0.2, -0.15) is 5.26 Å². The molecule has 0 aliphatic carbocycles. The quantitative estimate of drug-likeness (QED) is 0.471. The number of rotatable bonds is 3. The molecule has 31 heavy (non-hydrogen) atoms. The number of nitrogens with one attached hydrogen (secondary N) is 1. The summed E-state index contributed by atoms with van der Waals surface area (Å²) in [6, 6.07) is 16.4. The molecule has 1 aliphatic heterocycles. The molecule has 0 saturated carbocycles. The first-order valence-corrected chi connectivity index (χ1v) is 10.6. The van der Waals surface area contributed by atoms with Crippen LogP contribution < -0.4 is 15.2 Å². The number of thiophene rings is 1. The van der Waals surface area contributed by atoms with E-state index in [9.17, 15) is 5.26 Å². The van der Waals surface area contributed by atoms with Gasteiger partial charge in [0, 0.05) is 20.9 Å². The second-order valence-corrected chi connectivity index (χ2v) is 8.93. The van der Waals surface area contributed by atoms with Crippen molar-refractivity contribution in [2.75, 3.05) is 7.11 Å². The van der Waals surface area contributed by atoms with Gasteiger partial charge in [-0.15, -0.1) is 16.4 Å². The largest absolute Gasteiger partial charge is 0.496 e. The zero-order valence-electron chi connectivity index (χ0n) is 17.3. The number of nitrogens with zero attached hydrogens (tertiary/aromatic N) is 2. The van der Waals surface area contributed by atoms with Gasteiger partial charge < -0.3 is 15.2 Å². The molecule has 2 aromatic carbocycles. The number of aromatic amines is 1. The monoisotopic (exact) mass is 428 g/mol. The summed E-state index contributed by atoms with van der Waals surface area (Å²) >= 11 is 1.72. The summed E-state index contributed by atoms with van der Waals surface area (Å²) < 4.78 is 11.5. The minimum absolute atomic E-state index is 0.0614. The average molecular weight is 429 g/mol. The van der Waals surface area contributed by atoms with E-state index in [-0.39, 0.29) is 5.88 Å². The molecular weight excluding hydrogens is 408 g/mol.